The summed E-state index contributed by atoms with van der Waals surface area (Å²) in [6.45, 7) is 2.42. The molecule has 1 N–H and O–H groups in total. The SMILES string of the molecule is CC(=O)Nc1ccn([C@@H]2O[C@](CF)(COC(C)=O)[C@@H](OC(C)=O)[C@H]2OC(C)=O)c(=O)n1. The molecule has 0 aliphatic carbocycles. The highest BCUT2D eigenvalue weighted by atomic mass is 19.1. The number of hydrogen-bond acceptors (Lipinski definition) is 10. The van der Waals surface area contributed by atoms with E-state index in [9.17, 15) is 28.4 Å². The minimum Gasteiger partial charge on any atom is -0.463 e. The maximum atomic E-state index is 14.2. The molecule has 170 valence electrons. The number of amides is 1. The molecule has 0 saturated carbocycles. The van der Waals surface area contributed by atoms with E-state index in [0.717, 1.165) is 25.3 Å². The average Bonchev–Trinajstić information content (AvgIpc) is 2.93. The lowest BCUT2D eigenvalue weighted by atomic mass is 9.97. The lowest BCUT2D eigenvalue weighted by Crippen LogP contribution is -2.52. The number of esters is 3. The number of anilines is 1. The zero-order valence-electron chi connectivity index (χ0n) is 17.2. The highest BCUT2D eigenvalue weighted by Crippen LogP contribution is 2.41. The molecule has 13 heteroatoms. The predicted molar refractivity (Wildman–Crippen MR) is 99.4 cm³/mol. The quantitative estimate of drug-likeness (QED) is 0.445. The third kappa shape index (κ3) is 5.63. The minimum absolute atomic E-state index is 0.0519. The van der Waals surface area contributed by atoms with Gasteiger partial charge in [0, 0.05) is 33.9 Å². The Hall–Kier alpha value is -3.35. The zero-order valence-corrected chi connectivity index (χ0v) is 17.2. The molecule has 1 fully saturated rings. The van der Waals surface area contributed by atoms with Crippen molar-refractivity contribution in [2.24, 2.45) is 0 Å². The van der Waals surface area contributed by atoms with Gasteiger partial charge < -0.3 is 24.3 Å². The number of nitrogens with zero attached hydrogens (tertiary/aromatic N) is 2. The third-order valence-corrected chi connectivity index (χ3v) is 4.20. The molecule has 1 saturated heterocycles. The van der Waals surface area contributed by atoms with Gasteiger partial charge in [-0.2, -0.15) is 4.98 Å². The van der Waals surface area contributed by atoms with E-state index in [1.807, 2.05) is 0 Å². The van der Waals surface area contributed by atoms with Crippen molar-refractivity contribution in [1.29, 1.82) is 0 Å². The smallest absolute Gasteiger partial charge is 0.351 e. The van der Waals surface area contributed by atoms with Gasteiger partial charge in [-0.05, 0) is 6.07 Å². The second-order valence-corrected chi connectivity index (χ2v) is 6.77. The van der Waals surface area contributed by atoms with E-state index in [1.165, 1.54) is 19.2 Å². The summed E-state index contributed by atoms with van der Waals surface area (Å²) in [5, 5.41) is 2.33. The molecule has 0 spiro atoms. The van der Waals surface area contributed by atoms with Crippen LogP contribution in [0.4, 0.5) is 10.2 Å². The highest BCUT2D eigenvalue weighted by molar-refractivity contribution is 5.87. The van der Waals surface area contributed by atoms with Crippen LogP contribution in [0, 0.1) is 0 Å². The maximum absolute atomic E-state index is 14.2. The standard InChI is InChI=1S/C18H22FN3O9/c1-9(23)20-13-5-6-22(17(27)21-13)16-14(29-11(3)25)15(30-12(4)26)18(7-19,31-16)8-28-10(2)24/h5-6,14-16H,7-8H2,1-4H3,(H,20,21,23,27)/t14-,15+,16-,18-/m1/s1. The average molecular weight is 443 g/mol. The summed E-state index contributed by atoms with van der Waals surface area (Å²) in [5.74, 6) is -2.95. The van der Waals surface area contributed by atoms with Crippen LogP contribution in [0.3, 0.4) is 0 Å². The van der Waals surface area contributed by atoms with Crippen LogP contribution in [0.15, 0.2) is 17.1 Å². The number of carbonyl (C=O) groups is 4. The lowest BCUT2D eigenvalue weighted by Gasteiger charge is -2.30. The van der Waals surface area contributed by atoms with Crippen molar-refractivity contribution in [3.8, 4) is 0 Å². The Labute approximate surface area is 175 Å². The van der Waals surface area contributed by atoms with Gasteiger partial charge in [-0.15, -0.1) is 0 Å². The summed E-state index contributed by atoms with van der Waals surface area (Å²) < 4.78 is 36.0. The lowest BCUT2D eigenvalue weighted by molar-refractivity contribution is -0.181. The molecule has 0 radical (unpaired) electrons. The Balaban J connectivity index is 2.54. The molecule has 0 unspecified atom stereocenters. The van der Waals surface area contributed by atoms with Crippen molar-refractivity contribution >= 4 is 29.6 Å². The Morgan fingerprint density at radius 2 is 1.81 bits per heavy atom. The fourth-order valence-electron chi connectivity index (χ4n) is 3.05. The molecule has 1 aromatic heterocycles. The Morgan fingerprint density at radius 1 is 1.16 bits per heavy atom. The van der Waals surface area contributed by atoms with Crippen molar-refractivity contribution in [2.45, 2.75) is 51.7 Å². The van der Waals surface area contributed by atoms with Gasteiger partial charge in [-0.3, -0.25) is 23.7 Å². The molecule has 1 amide bonds. The van der Waals surface area contributed by atoms with E-state index in [1.54, 1.807) is 0 Å². The number of hydrogen-bond donors (Lipinski definition) is 1. The van der Waals surface area contributed by atoms with Crippen molar-refractivity contribution in [2.75, 3.05) is 18.6 Å². The van der Waals surface area contributed by atoms with Gasteiger partial charge >= 0.3 is 23.6 Å². The Bertz CT molecular complexity index is 934. The van der Waals surface area contributed by atoms with Crippen LogP contribution < -0.4 is 11.0 Å². The molecule has 1 aromatic rings. The first kappa shape index (κ1) is 23.9. The number of aromatic nitrogens is 2. The fraction of sp³-hybridized carbons (Fsp3) is 0.556. The largest absolute Gasteiger partial charge is 0.463 e. The molecule has 1 aliphatic rings. The van der Waals surface area contributed by atoms with Crippen LogP contribution in [0.2, 0.25) is 0 Å². The molecule has 2 heterocycles. The number of carbonyl (C=O) groups excluding carboxylic acids is 4. The second kappa shape index (κ2) is 9.64. The first-order chi connectivity index (χ1) is 14.5. The summed E-state index contributed by atoms with van der Waals surface area (Å²) in [6.07, 6.45) is -3.33. The monoisotopic (exact) mass is 443 g/mol. The molecule has 0 bridgehead atoms. The van der Waals surface area contributed by atoms with Crippen LogP contribution in [0.1, 0.15) is 33.9 Å². The van der Waals surface area contributed by atoms with Crippen LogP contribution in [0.5, 0.6) is 0 Å². The number of halogens is 1. The highest BCUT2D eigenvalue weighted by Gasteiger charge is 2.61. The van der Waals surface area contributed by atoms with E-state index in [4.69, 9.17) is 18.9 Å². The van der Waals surface area contributed by atoms with Gasteiger partial charge in [0.15, 0.2) is 24.0 Å². The van der Waals surface area contributed by atoms with E-state index < -0.39 is 66.8 Å². The van der Waals surface area contributed by atoms with Crippen molar-refractivity contribution in [3.63, 3.8) is 0 Å². The number of alkyl halides is 1. The van der Waals surface area contributed by atoms with E-state index >= 15 is 0 Å². The molecule has 2 rings (SSSR count). The first-order valence-electron chi connectivity index (χ1n) is 9.07. The number of ether oxygens (including phenoxy) is 4. The van der Waals surface area contributed by atoms with Crippen LogP contribution in [-0.4, -0.2) is 64.5 Å². The van der Waals surface area contributed by atoms with E-state index in [2.05, 4.69) is 10.3 Å². The van der Waals surface area contributed by atoms with Crippen molar-refractivity contribution < 1.29 is 42.5 Å². The summed E-state index contributed by atoms with van der Waals surface area (Å²) in [5.41, 5.74) is -2.99. The first-order valence-corrected chi connectivity index (χ1v) is 9.07. The van der Waals surface area contributed by atoms with E-state index in [0.29, 0.717) is 0 Å². The number of rotatable bonds is 7. The van der Waals surface area contributed by atoms with Crippen LogP contribution in [-0.2, 0) is 38.1 Å². The van der Waals surface area contributed by atoms with Gasteiger partial charge in [0.05, 0.1) is 0 Å². The van der Waals surface area contributed by atoms with Gasteiger partial charge in [0.25, 0.3) is 0 Å². The van der Waals surface area contributed by atoms with Crippen LogP contribution in [0.25, 0.3) is 0 Å². The Morgan fingerprint density at radius 3 is 2.29 bits per heavy atom. The summed E-state index contributed by atoms with van der Waals surface area (Å²) in [7, 11) is 0. The van der Waals surface area contributed by atoms with Crippen molar-refractivity contribution in [1.82, 2.24) is 9.55 Å². The molecule has 4 atom stereocenters. The molecule has 12 nitrogen and oxygen atoms in total. The summed E-state index contributed by atoms with van der Waals surface area (Å²) in [6, 6.07) is 1.26. The third-order valence-electron chi connectivity index (χ3n) is 4.20. The molecule has 1 aliphatic heterocycles. The second-order valence-electron chi connectivity index (χ2n) is 6.77. The molecule has 31 heavy (non-hydrogen) atoms. The van der Waals surface area contributed by atoms with Gasteiger partial charge in [0.1, 0.15) is 19.1 Å². The normalized spacial score (nSPS) is 24.9. The van der Waals surface area contributed by atoms with Gasteiger partial charge in [-0.25, -0.2) is 9.18 Å². The topological polar surface area (TPSA) is 152 Å². The Kier molecular flexibility index (Phi) is 7.44. The van der Waals surface area contributed by atoms with Gasteiger partial charge in [0.2, 0.25) is 5.91 Å². The summed E-state index contributed by atoms with van der Waals surface area (Å²) in [4.78, 5) is 62.0. The molecule has 0 aromatic carbocycles. The number of nitrogens with one attached hydrogen (secondary N) is 1. The maximum Gasteiger partial charge on any atom is 0.351 e. The van der Waals surface area contributed by atoms with Gasteiger partial charge in [-0.1, -0.05) is 0 Å². The van der Waals surface area contributed by atoms with E-state index in [-0.39, 0.29) is 5.82 Å². The van der Waals surface area contributed by atoms with Crippen molar-refractivity contribution in [3.05, 3.63) is 22.7 Å². The predicted octanol–water partition coefficient (Wildman–Crippen LogP) is -0.135. The fourth-order valence-corrected chi connectivity index (χ4v) is 3.05. The molecular formula is C18H22FN3O9. The summed E-state index contributed by atoms with van der Waals surface area (Å²) >= 11 is 0. The zero-order chi connectivity index (χ0) is 23.3. The minimum atomic E-state index is -2.06. The molecular weight excluding hydrogens is 421 g/mol. The van der Waals surface area contributed by atoms with Crippen LogP contribution >= 0.6 is 0 Å².